The molecule has 1 heterocycles. The smallest absolute Gasteiger partial charge is 0.259 e. The minimum atomic E-state index is -0.307. The van der Waals surface area contributed by atoms with Crippen LogP contribution in [0.4, 0.5) is 5.69 Å². The topological polar surface area (TPSA) is 50.1 Å². The second-order valence-electron chi connectivity index (χ2n) is 6.10. The zero-order chi connectivity index (χ0) is 19.5. The monoisotopic (exact) mass is 427 g/mol. The van der Waals surface area contributed by atoms with Gasteiger partial charge in [-0.1, -0.05) is 83.9 Å². The predicted molar refractivity (Wildman–Crippen MR) is 115 cm³/mol. The number of H-pyrrole nitrogens is 1. The van der Waals surface area contributed by atoms with Crippen molar-refractivity contribution >= 4 is 40.4 Å². The quantitative estimate of drug-likeness (QED) is 0.464. The first kappa shape index (κ1) is 18.7. The third kappa shape index (κ3) is 3.83. The molecule has 1 N–H and O–H groups in total. The Labute approximate surface area is 175 Å². The van der Waals surface area contributed by atoms with Crippen LogP contribution in [-0.4, -0.2) is 8.94 Å². The van der Waals surface area contributed by atoms with Gasteiger partial charge in [-0.3, -0.25) is 8.94 Å². The van der Waals surface area contributed by atoms with Crippen molar-refractivity contribution in [1.82, 2.24) is 8.94 Å². The highest BCUT2D eigenvalue weighted by molar-refractivity contribution is 7.02. The molecule has 0 aliphatic carbocycles. The van der Waals surface area contributed by atoms with E-state index in [1.54, 1.807) is 22.8 Å². The third-order valence-electron chi connectivity index (χ3n) is 4.27. The van der Waals surface area contributed by atoms with Crippen LogP contribution < -0.4 is 10.5 Å². The third-order valence-corrected chi connectivity index (χ3v) is 5.76. The summed E-state index contributed by atoms with van der Waals surface area (Å²) in [6.07, 6.45) is 0. The minimum absolute atomic E-state index is 0.221. The number of aromatic amines is 1. The van der Waals surface area contributed by atoms with E-state index in [0.29, 0.717) is 20.5 Å². The van der Waals surface area contributed by atoms with Gasteiger partial charge in [-0.25, -0.2) is 9.79 Å². The molecule has 28 heavy (non-hydrogen) atoms. The zero-order valence-corrected chi connectivity index (χ0v) is 16.9. The van der Waals surface area contributed by atoms with E-state index in [1.807, 2.05) is 60.7 Å². The molecule has 0 atom stereocenters. The fourth-order valence-electron chi connectivity index (χ4n) is 3.01. The van der Waals surface area contributed by atoms with Crippen molar-refractivity contribution in [2.24, 2.45) is 4.99 Å². The molecule has 4 nitrogen and oxygen atoms in total. The summed E-state index contributed by atoms with van der Waals surface area (Å²) < 4.78 is 4.46. The Hall–Kier alpha value is -2.60. The van der Waals surface area contributed by atoms with Crippen molar-refractivity contribution in [3.63, 3.8) is 0 Å². The average Bonchev–Trinajstić information content (AvgIpc) is 3.07. The summed E-state index contributed by atoms with van der Waals surface area (Å²) in [4.78, 5) is 17.9. The van der Waals surface area contributed by atoms with Crippen LogP contribution in [0.25, 0.3) is 0 Å². The number of nitrogens with zero attached hydrogens (tertiary/aromatic N) is 2. The Morgan fingerprint density at radius 3 is 2.04 bits per heavy atom. The number of rotatable bonds is 4. The molecular formula is C21H15Cl2N3OS. The molecule has 0 amide bonds. The SMILES string of the molecule is O=c1[nH]s/c(=N/c2ccc(Cl)c(Cl)c2)n1C(c1ccccc1)c1ccccc1. The van der Waals surface area contributed by atoms with Crippen LogP contribution in [0.3, 0.4) is 0 Å². The molecule has 4 rings (SSSR count). The van der Waals surface area contributed by atoms with Gasteiger partial charge in [0.15, 0.2) is 0 Å². The van der Waals surface area contributed by atoms with Gasteiger partial charge in [-0.2, -0.15) is 0 Å². The van der Waals surface area contributed by atoms with Crippen LogP contribution in [0, 0.1) is 0 Å². The normalized spacial score (nSPS) is 11.9. The maximum absolute atomic E-state index is 12.8. The highest BCUT2D eigenvalue weighted by Gasteiger charge is 2.20. The summed E-state index contributed by atoms with van der Waals surface area (Å²) >= 11 is 13.3. The van der Waals surface area contributed by atoms with Crippen LogP contribution in [0.1, 0.15) is 17.2 Å². The number of hydrogen-bond acceptors (Lipinski definition) is 3. The molecule has 0 saturated heterocycles. The number of hydrogen-bond donors (Lipinski definition) is 1. The van der Waals surface area contributed by atoms with Crippen molar-refractivity contribution in [2.45, 2.75) is 6.04 Å². The summed E-state index contributed by atoms with van der Waals surface area (Å²) in [6.45, 7) is 0. The Bertz CT molecular complexity index is 1170. The molecule has 0 bridgehead atoms. The van der Waals surface area contributed by atoms with Crippen LogP contribution in [0.2, 0.25) is 10.0 Å². The summed E-state index contributed by atoms with van der Waals surface area (Å²) in [7, 11) is 0. The average molecular weight is 428 g/mol. The van der Waals surface area contributed by atoms with Gasteiger partial charge < -0.3 is 0 Å². The first-order chi connectivity index (χ1) is 13.6. The summed E-state index contributed by atoms with van der Waals surface area (Å²) in [5.41, 5.74) is 2.39. The molecule has 0 unspecified atom stereocenters. The van der Waals surface area contributed by atoms with Gasteiger partial charge in [-0.05, 0) is 40.9 Å². The Morgan fingerprint density at radius 1 is 0.857 bits per heavy atom. The van der Waals surface area contributed by atoms with E-state index in [4.69, 9.17) is 23.2 Å². The Kier molecular flexibility index (Phi) is 5.48. The van der Waals surface area contributed by atoms with Crippen molar-refractivity contribution < 1.29 is 0 Å². The molecular weight excluding hydrogens is 413 g/mol. The zero-order valence-electron chi connectivity index (χ0n) is 14.5. The molecule has 1 aromatic heterocycles. The molecule has 140 valence electrons. The van der Waals surface area contributed by atoms with E-state index in [2.05, 4.69) is 9.37 Å². The largest absolute Gasteiger partial charge is 0.338 e. The van der Waals surface area contributed by atoms with Crippen molar-refractivity contribution in [3.05, 3.63) is 115 Å². The van der Waals surface area contributed by atoms with Crippen molar-refractivity contribution in [2.75, 3.05) is 0 Å². The fraction of sp³-hybridized carbons (Fsp3) is 0.0476. The molecule has 0 aliphatic rings. The maximum Gasteiger partial charge on any atom is 0.338 e. The van der Waals surface area contributed by atoms with Crippen LogP contribution in [0.5, 0.6) is 0 Å². The molecule has 0 spiro atoms. The summed E-state index contributed by atoms with van der Waals surface area (Å²) in [6, 6.07) is 24.6. The minimum Gasteiger partial charge on any atom is -0.259 e. The van der Waals surface area contributed by atoms with E-state index in [-0.39, 0.29) is 11.7 Å². The van der Waals surface area contributed by atoms with Gasteiger partial charge in [0, 0.05) is 0 Å². The summed E-state index contributed by atoms with van der Waals surface area (Å²) in [5, 5.41) is 0.877. The number of benzene rings is 3. The lowest BCUT2D eigenvalue weighted by molar-refractivity contribution is 0.628. The van der Waals surface area contributed by atoms with E-state index in [9.17, 15) is 4.79 Å². The number of nitrogens with one attached hydrogen (secondary N) is 1. The molecule has 7 heteroatoms. The van der Waals surface area contributed by atoms with Gasteiger partial charge in [0.2, 0.25) is 4.80 Å². The van der Waals surface area contributed by atoms with Gasteiger partial charge in [0.1, 0.15) is 0 Å². The lowest BCUT2D eigenvalue weighted by Gasteiger charge is -2.18. The van der Waals surface area contributed by atoms with Gasteiger partial charge in [0.05, 0.1) is 21.8 Å². The highest BCUT2D eigenvalue weighted by atomic mass is 35.5. The highest BCUT2D eigenvalue weighted by Crippen LogP contribution is 2.27. The Morgan fingerprint density at radius 2 is 1.46 bits per heavy atom. The summed E-state index contributed by atoms with van der Waals surface area (Å²) in [5.74, 6) is 0. The van der Waals surface area contributed by atoms with Crippen LogP contribution >= 0.6 is 34.7 Å². The van der Waals surface area contributed by atoms with Crippen LogP contribution in [0.15, 0.2) is 88.6 Å². The van der Waals surface area contributed by atoms with E-state index in [0.717, 1.165) is 11.1 Å². The molecule has 4 aromatic rings. The van der Waals surface area contributed by atoms with Gasteiger partial charge in [0.25, 0.3) is 0 Å². The second kappa shape index (κ2) is 8.19. The maximum atomic E-state index is 12.8. The lowest BCUT2D eigenvalue weighted by atomic mass is 9.99. The number of aromatic nitrogens is 2. The molecule has 0 saturated carbocycles. The molecule has 3 aromatic carbocycles. The van der Waals surface area contributed by atoms with E-state index >= 15 is 0 Å². The number of halogens is 2. The van der Waals surface area contributed by atoms with Crippen LogP contribution in [-0.2, 0) is 0 Å². The van der Waals surface area contributed by atoms with Gasteiger partial charge in [-0.15, -0.1) is 0 Å². The van der Waals surface area contributed by atoms with Crippen molar-refractivity contribution in [1.29, 1.82) is 0 Å². The second-order valence-corrected chi connectivity index (χ2v) is 7.68. The standard InChI is InChI=1S/C21H15Cl2N3OS/c22-17-12-11-16(13-18(17)23)24-21-26(20(27)25-28-21)19(14-7-3-1-4-8-14)15-9-5-2-6-10-15/h1-13,19H,(H,25,27)/b24-21+. The van der Waals surface area contributed by atoms with E-state index < -0.39 is 0 Å². The fourth-order valence-corrected chi connectivity index (χ4v) is 4.01. The molecule has 0 fully saturated rings. The first-order valence-corrected chi connectivity index (χ1v) is 10.1. The van der Waals surface area contributed by atoms with Gasteiger partial charge >= 0.3 is 5.69 Å². The molecule has 0 radical (unpaired) electrons. The van der Waals surface area contributed by atoms with E-state index in [1.165, 1.54) is 11.5 Å². The first-order valence-electron chi connectivity index (χ1n) is 8.53. The van der Waals surface area contributed by atoms with Crippen molar-refractivity contribution in [3.8, 4) is 0 Å². The predicted octanol–water partition coefficient (Wildman–Crippen LogP) is 5.41. The molecule has 0 aliphatic heterocycles. The lowest BCUT2D eigenvalue weighted by Crippen LogP contribution is -2.32. The Balaban J connectivity index is 1.93.